The standard InChI is InChI=1S/C28H22N4O2/c1-18-11-14-26(30-17-18)32-28(34)24-9-5-6-10-25(24)31-27(33)22-13-12-20(15-19(22)2)23-8-4-3-7-21(23)16-29/h3-15,17H,1-2H3,(H,31,33)(H,30,32,34). The molecule has 0 atom stereocenters. The van der Waals surface area contributed by atoms with Crippen LogP contribution < -0.4 is 10.6 Å². The molecule has 0 saturated carbocycles. The van der Waals surface area contributed by atoms with E-state index in [-0.39, 0.29) is 11.8 Å². The Kier molecular flexibility index (Phi) is 6.47. The first-order valence-electron chi connectivity index (χ1n) is 10.7. The number of pyridine rings is 1. The van der Waals surface area contributed by atoms with Crippen LogP contribution in [0.5, 0.6) is 0 Å². The molecule has 0 saturated heterocycles. The maximum Gasteiger partial charge on any atom is 0.258 e. The number of carbonyl (C=O) groups excluding carboxylic acids is 2. The third kappa shape index (κ3) is 4.84. The molecule has 2 N–H and O–H groups in total. The minimum atomic E-state index is -0.368. The highest BCUT2D eigenvalue weighted by Gasteiger charge is 2.16. The number of hydrogen-bond acceptors (Lipinski definition) is 4. The summed E-state index contributed by atoms with van der Waals surface area (Å²) in [6, 6.07) is 25.4. The van der Waals surface area contributed by atoms with E-state index in [9.17, 15) is 14.9 Å². The van der Waals surface area contributed by atoms with Gasteiger partial charge in [-0.15, -0.1) is 0 Å². The van der Waals surface area contributed by atoms with E-state index in [1.54, 1.807) is 48.7 Å². The molecule has 3 aromatic carbocycles. The molecule has 0 bridgehead atoms. The summed E-state index contributed by atoms with van der Waals surface area (Å²) in [6.45, 7) is 3.76. The van der Waals surface area contributed by atoms with E-state index in [0.717, 1.165) is 22.3 Å². The minimum absolute atomic E-state index is 0.327. The van der Waals surface area contributed by atoms with Crippen molar-refractivity contribution >= 4 is 23.3 Å². The van der Waals surface area contributed by atoms with Gasteiger partial charge < -0.3 is 10.6 Å². The van der Waals surface area contributed by atoms with Crippen molar-refractivity contribution in [2.45, 2.75) is 13.8 Å². The van der Waals surface area contributed by atoms with Crippen LogP contribution in [-0.2, 0) is 0 Å². The number of nitriles is 1. The zero-order chi connectivity index (χ0) is 24.1. The van der Waals surface area contributed by atoms with Crippen molar-refractivity contribution in [1.82, 2.24) is 4.98 Å². The lowest BCUT2D eigenvalue weighted by Gasteiger charge is -2.13. The third-order valence-corrected chi connectivity index (χ3v) is 5.40. The number of aryl methyl sites for hydroxylation is 2. The van der Waals surface area contributed by atoms with Gasteiger partial charge in [-0.3, -0.25) is 9.59 Å². The average Bonchev–Trinajstić information content (AvgIpc) is 2.85. The lowest BCUT2D eigenvalue weighted by molar-refractivity contribution is 0.102. The Morgan fingerprint density at radius 1 is 0.824 bits per heavy atom. The molecule has 6 nitrogen and oxygen atoms in total. The molecule has 0 spiro atoms. The first kappa shape index (κ1) is 22.4. The largest absolute Gasteiger partial charge is 0.321 e. The maximum atomic E-state index is 13.1. The van der Waals surface area contributed by atoms with E-state index in [2.05, 4.69) is 21.7 Å². The Bertz CT molecular complexity index is 1420. The van der Waals surface area contributed by atoms with Crippen LogP contribution in [0.15, 0.2) is 85.1 Å². The van der Waals surface area contributed by atoms with Gasteiger partial charge in [-0.25, -0.2) is 4.98 Å². The molecule has 0 unspecified atom stereocenters. The lowest BCUT2D eigenvalue weighted by atomic mass is 9.96. The number of benzene rings is 3. The fraction of sp³-hybridized carbons (Fsp3) is 0.0714. The summed E-state index contributed by atoms with van der Waals surface area (Å²) < 4.78 is 0. The van der Waals surface area contributed by atoms with Crippen LogP contribution in [0.1, 0.15) is 37.4 Å². The third-order valence-electron chi connectivity index (χ3n) is 5.40. The number of nitrogens with zero attached hydrogens (tertiary/aromatic N) is 2. The number of rotatable bonds is 5. The molecule has 2 amide bonds. The summed E-state index contributed by atoms with van der Waals surface area (Å²) in [5.41, 5.74) is 5.20. The second-order valence-electron chi connectivity index (χ2n) is 7.86. The average molecular weight is 447 g/mol. The molecule has 6 heteroatoms. The Labute approximate surface area is 197 Å². The van der Waals surface area contributed by atoms with Crippen molar-refractivity contribution in [3.05, 3.63) is 113 Å². The van der Waals surface area contributed by atoms with Crippen molar-refractivity contribution in [3.8, 4) is 17.2 Å². The first-order valence-corrected chi connectivity index (χ1v) is 10.7. The first-order chi connectivity index (χ1) is 16.5. The highest BCUT2D eigenvalue weighted by Crippen LogP contribution is 2.26. The van der Waals surface area contributed by atoms with Crippen molar-refractivity contribution in [1.29, 1.82) is 5.26 Å². The minimum Gasteiger partial charge on any atom is -0.321 e. The van der Waals surface area contributed by atoms with Gasteiger partial charge in [-0.2, -0.15) is 5.26 Å². The van der Waals surface area contributed by atoms with E-state index < -0.39 is 0 Å². The zero-order valence-corrected chi connectivity index (χ0v) is 18.8. The number of para-hydroxylation sites is 1. The SMILES string of the molecule is Cc1ccc(NC(=O)c2ccccc2NC(=O)c2ccc(-c3ccccc3C#N)cc2C)nc1. The zero-order valence-electron chi connectivity index (χ0n) is 18.8. The number of aromatic nitrogens is 1. The lowest BCUT2D eigenvalue weighted by Crippen LogP contribution is -2.19. The van der Waals surface area contributed by atoms with Gasteiger partial charge in [0.2, 0.25) is 0 Å². The van der Waals surface area contributed by atoms with Gasteiger partial charge in [-0.1, -0.05) is 48.5 Å². The van der Waals surface area contributed by atoms with Crippen molar-refractivity contribution in [2.75, 3.05) is 10.6 Å². The number of hydrogen-bond donors (Lipinski definition) is 2. The van der Waals surface area contributed by atoms with Gasteiger partial charge >= 0.3 is 0 Å². The monoisotopic (exact) mass is 446 g/mol. The van der Waals surface area contributed by atoms with Gasteiger partial charge in [0.25, 0.3) is 11.8 Å². The molecule has 166 valence electrons. The van der Waals surface area contributed by atoms with E-state index in [1.165, 1.54) is 0 Å². The molecule has 4 aromatic rings. The summed E-state index contributed by atoms with van der Waals surface area (Å²) in [5.74, 6) is -0.264. The van der Waals surface area contributed by atoms with Crippen LogP contribution in [0.25, 0.3) is 11.1 Å². The fourth-order valence-corrected chi connectivity index (χ4v) is 3.62. The topological polar surface area (TPSA) is 94.9 Å². The van der Waals surface area contributed by atoms with E-state index in [1.807, 2.05) is 50.2 Å². The molecule has 34 heavy (non-hydrogen) atoms. The van der Waals surface area contributed by atoms with Crippen LogP contribution in [0, 0.1) is 25.2 Å². The molecule has 0 aliphatic carbocycles. The maximum absolute atomic E-state index is 13.1. The predicted octanol–water partition coefficient (Wildman–Crippen LogP) is 5.74. The summed E-state index contributed by atoms with van der Waals surface area (Å²) in [7, 11) is 0. The Morgan fingerprint density at radius 2 is 1.56 bits per heavy atom. The van der Waals surface area contributed by atoms with Gasteiger partial charge in [0.05, 0.1) is 22.9 Å². The number of nitrogens with one attached hydrogen (secondary N) is 2. The molecule has 4 rings (SSSR count). The van der Waals surface area contributed by atoms with Crippen molar-refractivity contribution in [2.24, 2.45) is 0 Å². The van der Waals surface area contributed by atoms with Crippen molar-refractivity contribution in [3.63, 3.8) is 0 Å². The predicted molar refractivity (Wildman–Crippen MR) is 133 cm³/mol. The van der Waals surface area contributed by atoms with Crippen LogP contribution in [-0.4, -0.2) is 16.8 Å². The summed E-state index contributed by atoms with van der Waals surface area (Å²) in [6.07, 6.45) is 1.67. The number of amides is 2. The summed E-state index contributed by atoms with van der Waals surface area (Å²) >= 11 is 0. The van der Waals surface area contributed by atoms with E-state index >= 15 is 0 Å². The highest BCUT2D eigenvalue weighted by atomic mass is 16.2. The molecule has 0 radical (unpaired) electrons. The molecule has 0 fully saturated rings. The van der Waals surface area contributed by atoms with Gasteiger partial charge in [0.15, 0.2) is 0 Å². The summed E-state index contributed by atoms with van der Waals surface area (Å²) in [5, 5.41) is 15.0. The second kappa shape index (κ2) is 9.80. The molecular formula is C28H22N4O2. The van der Waals surface area contributed by atoms with Gasteiger partial charge in [0.1, 0.15) is 5.82 Å². The Balaban J connectivity index is 1.56. The van der Waals surface area contributed by atoms with Crippen LogP contribution in [0.2, 0.25) is 0 Å². The molecule has 1 aromatic heterocycles. The van der Waals surface area contributed by atoms with Crippen molar-refractivity contribution < 1.29 is 9.59 Å². The van der Waals surface area contributed by atoms with Gasteiger partial charge in [-0.05, 0) is 66.4 Å². The normalized spacial score (nSPS) is 10.3. The quantitative estimate of drug-likeness (QED) is 0.409. The van der Waals surface area contributed by atoms with Gasteiger partial charge in [0, 0.05) is 11.8 Å². The Hall–Kier alpha value is -4.76. The smallest absolute Gasteiger partial charge is 0.258 e. The van der Waals surface area contributed by atoms with E-state index in [4.69, 9.17) is 0 Å². The Morgan fingerprint density at radius 3 is 2.29 bits per heavy atom. The second-order valence-corrected chi connectivity index (χ2v) is 7.86. The fourth-order valence-electron chi connectivity index (χ4n) is 3.62. The van der Waals surface area contributed by atoms with Crippen LogP contribution in [0.4, 0.5) is 11.5 Å². The summed E-state index contributed by atoms with van der Waals surface area (Å²) in [4.78, 5) is 30.1. The highest BCUT2D eigenvalue weighted by molar-refractivity contribution is 6.12. The van der Waals surface area contributed by atoms with E-state index in [0.29, 0.717) is 28.2 Å². The number of carbonyl (C=O) groups is 2. The molecule has 0 aliphatic heterocycles. The molecule has 1 heterocycles. The van der Waals surface area contributed by atoms with Crippen LogP contribution >= 0.6 is 0 Å². The van der Waals surface area contributed by atoms with Crippen LogP contribution in [0.3, 0.4) is 0 Å². The number of anilines is 2. The molecular weight excluding hydrogens is 424 g/mol. The molecule has 0 aliphatic rings.